The van der Waals surface area contributed by atoms with Gasteiger partial charge in [0.2, 0.25) is 0 Å². The number of hydrogen-bond donors (Lipinski definition) is 1. The van der Waals surface area contributed by atoms with Gasteiger partial charge in [-0.3, -0.25) is 9.69 Å². The van der Waals surface area contributed by atoms with Crippen molar-refractivity contribution in [3.05, 3.63) is 57.6 Å². The van der Waals surface area contributed by atoms with E-state index >= 15 is 0 Å². The Morgan fingerprint density at radius 3 is 2.34 bits per heavy atom. The van der Waals surface area contributed by atoms with E-state index in [0.717, 1.165) is 11.1 Å². The van der Waals surface area contributed by atoms with Crippen LogP contribution in [-0.2, 0) is 4.79 Å². The minimum Gasteiger partial charge on any atom is -0.493 e. The summed E-state index contributed by atoms with van der Waals surface area (Å²) >= 11 is 12.4. The molecule has 1 N–H and O–H groups in total. The van der Waals surface area contributed by atoms with Crippen molar-refractivity contribution in [2.45, 2.75) is 25.8 Å². The molecule has 156 valence electrons. The quantitative estimate of drug-likeness (QED) is 0.637. The van der Waals surface area contributed by atoms with Crippen LogP contribution in [0.3, 0.4) is 0 Å². The summed E-state index contributed by atoms with van der Waals surface area (Å²) in [5.74, 6) is 0.334. The van der Waals surface area contributed by atoms with Gasteiger partial charge in [0, 0.05) is 0 Å². The average Bonchev–Trinajstić information content (AvgIpc) is 2.72. The Labute approximate surface area is 181 Å². The van der Waals surface area contributed by atoms with Crippen LogP contribution in [0.4, 0.5) is 0 Å². The molecule has 3 rings (SSSR count). The van der Waals surface area contributed by atoms with Gasteiger partial charge in [0.25, 0.3) is 0 Å². The molecular formula is C22H25Cl2NO4. The monoisotopic (exact) mass is 437 g/mol. The number of carbonyl (C=O) groups is 1. The first-order chi connectivity index (χ1) is 13.9. The molecule has 0 bridgehead atoms. The van der Waals surface area contributed by atoms with E-state index in [-0.39, 0.29) is 12.0 Å². The normalized spacial score (nSPS) is 16.4. The minimum absolute atomic E-state index is 0.0929. The first-order valence-electron chi connectivity index (χ1n) is 9.67. The molecule has 1 fully saturated rings. The van der Waals surface area contributed by atoms with Crippen molar-refractivity contribution in [1.82, 2.24) is 4.90 Å². The SMILES string of the molecule is CCOc1cc(C(c2ccc(Cl)c(Cl)c2)N2CCC(C(=O)O)CC2)ccc1OC. The zero-order valence-electron chi connectivity index (χ0n) is 16.5. The van der Waals surface area contributed by atoms with Gasteiger partial charge < -0.3 is 14.6 Å². The largest absolute Gasteiger partial charge is 0.493 e. The highest BCUT2D eigenvalue weighted by molar-refractivity contribution is 6.42. The van der Waals surface area contributed by atoms with Crippen LogP contribution in [0.25, 0.3) is 0 Å². The van der Waals surface area contributed by atoms with Gasteiger partial charge in [-0.25, -0.2) is 0 Å². The summed E-state index contributed by atoms with van der Waals surface area (Å²) in [5.41, 5.74) is 2.03. The first kappa shape index (κ1) is 21.8. The summed E-state index contributed by atoms with van der Waals surface area (Å²) in [6.07, 6.45) is 1.23. The smallest absolute Gasteiger partial charge is 0.306 e. The van der Waals surface area contributed by atoms with Gasteiger partial charge in [0.1, 0.15) is 0 Å². The fourth-order valence-electron chi connectivity index (χ4n) is 3.83. The number of carboxylic acid groups (broad SMARTS) is 1. The minimum atomic E-state index is -0.723. The van der Waals surface area contributed by atoms with Crippen LogP contribution in [0.1, 0.15) is 36.9 Å². The van der Waals surface area contributed by atoms with E-state index in [2.05, 4.69) is 4.90 Å². The van der Waals surface area contributed by atoms with Gasteiger partial charge in [0.15, 0.2) is 11.5 Å². The first-order valence-corrected chi connectivity index (χ1v) is 10.4. The Kier molecular flexibility index (Phi) is 7.28. The average molecular weight is 438 g/mol. The zero-order chi connectivity index (χ0) is 21.0. The standard InChI is InChI=1S/C22H25Cl2NO4/c1-3-29-20-13-16(5-7-19(20)28-2)21(15-4-6-17(23)18(24)12-15)25-10-8-14(9-11-25)22(26)27/h4-7,12-14,21H,3,8-11H2,1-2H3,(H,26,27). The third-order valence-electron chi connectivity index (χ3n) is 5.31. The number of ether oxygens (including phenoxy) is 2. The fourth-order valence-corrected chi connectivity index (χ4v) is 4.14. The van der Waals surface area contributed by atoms with Crippen molar-refractivity contribution in [2.24, 2.45) is 5.92 Å². The van der Waals surface area contributed by atoms with Crippen LogP contribution < -0.4 is 9.47 Å². The summed E-state index contributed by atoms with van der Waals surface area (Å²) in [5, 5.41) is 10.3. The van der Waals surface area contributed by atoms with E-state index in [1.165, 1.54) is 0 Å². The molecular weight excluding hydrogens is 413 g/mol. The predicted octanol–water partition coefficient (Wildman–Crippen LogP) is 5.29. The van der Waals surface area contributed by atoms with Crippen LogP contribution in [0.15, 0.2) is 36.4 Å². The molecule has 0 amide bonds. The lowest BCUT2D eigenvalue weighted by Gasteiger charge is -2.37. The molecule has 0 aromatic heterocycles. The van der Waals surface area contributed by atoms with Crippen molar-refractivity contribution < 1.29 is 19.4 Å². The second-order valence-electron chi connectivity index (χ2n) is 7.07. The molecule has 7 heteroatoms. The predicted molar refractivity (Wildman–Crippen MR) is 114 cm³/mol. The maximum atomic E-state index is 11.4. The molecule has 1 aliphatic rings. The molecule has 29 heavy (non-hydrogen) atoms. The van der Waals surface area contributed by atoms with Crippen LogP contribution in [0, 0.1) is 5.92 Å². The Bertz CT molecular complexity index is 866. The number of likely N-dealkylation sites (tertiary alicyclic amines) is 1. The summed E-state index contributed by atoms with van der Waals surface area (Å²) < 4.78 is 11.2. The number of methoxy groups -OCH3 is 1. The molecule has 1 aliphatic heterocycles. The lowest BCUT2D eigenvalue weighted by atomic mass is 9.91. The van der Waals surface area contributed by atoms with Crippen molar-refractivity contribution in [3.63, 3.8) is 0 Å². The second-order valence-corrected chi connectivity index (χ2v) is 7.88. The highest BCUT2D eigenvalue weighted by Crippen LogP contribution is 2.38. The number of hydrogen-bond acceptors (Lipinski definition) is 4. The third-order valence-corrected chi connectivity index (χ3v) is 6.05. The van der Waals surface area contributed by atoms with Gasteiger partial charge in [0.05, 0.1) is 35.7 Å². The Balaban J connectivity index is 2.00. The van der Waals surface area contributed by atoms with E-state index in [1.54, 1.807) is 13.2 Å². The Morgan fingerprint density at radius 1 is 1.10 bits per heavy atom. The maximum absolute atomic E-state index is 11.4. The number of carboxylic acids is 1. The zero-order valence-corrected chi connectivity index (χ0v) is 18.0. The van der Waals surface area contributed by atoms with Crippen LogP contribution in [-0.4, -0.2) is 42.8 Å². The number of piperidine rings is 1. The molecule has 1 unspecified atom stereocenters. The molecule has 5 nitrogen and oxygen atoms in total. The van der Waals surface area contributed by atoms with E-state index in [9.17, 15) is 9.90 Å². The van der Waals surface area contributed by atoms with E-state index < -0.39 is 5.97 Å². The molecule has 2 aromatic rings. The maximum Gasteiger partial charge on any atom is 0.306 e. The van der Waals surface area contributed by atoms with E-state index in [0.29, 0.717) is 54.1 Å². The Hall–Kier alpha value is -1.95. The third kappa shape index (κ3) is 4.97. The lowest BCUT2D eigenvalue weighted by molar-refractivity contribution is -0.143. The van der Waals surface area contributed by atoms with Crippen molar-refractivity contribution >= 4 is 29.2 Å². The molecule has 1 saturated heterocycles. The molecule has 1 heterocycles. The summed E-state index contributed by atoms with van der Waals surface area (Å²) in [6.45, 7) is 3.82. The highest BCUT2D eigenvalue weighted by atomic mass is 35.5. The number of aliphatic carboxylic acids is 1. The van der Waals surface area contributed by atoms with Gasteiger partial charge >= 0.3 is 5.97 Å². The number of rotatable bonds is 7. The van der Waals surface area contributed by atoms with Gasteiger partial charge in [-0.15, -0.1) is 0 Å². The van der Waals surface area contributed by atoms with Crippen molar-refractivity contribution in [3.8, 4) is 11.5 Å². The summed E-state index contributed by atoms with van der Waals surface area (Å²) in [4.78, 5) is 13.6. The number of halogens is 2. The molecule has 0 radical (unpaired) electrons. The van der Waals surface area contributed by atoms with Gasteiger partial charge in [-0.1, -0.05) is 35.3 Å². The Morgan fingerprint density at radius 2 is 1.76 bits per heavy atom. The molecule has 0 spiro atoms. The van der Waals surface area contributed by atoms with Crippen molar-refractivity contribution in [1.29, 1.82) is 0 Å². The molecule has 1 atom stereocenters. The summed E-state index contributed by atoms with van der Waals surface area (Å²) in [6, 6.07) is 11.4. The molecule has 0 aliphatic carbocycles. The highest BCUT2D eigenvalue weighted by Gasteiger charge is 2.31. The second kappa shape index (κ2) is 9.70. The fraction of sp³-hybridized carbons (Fsp3) is 0.409. The topological polar surface area (TPSA) is 59.0 Å². The van der Waals surface area contributed by atoms with Crippen LogP contribution in [0.5, 0.6) is 11.5 Å². The van der Waals surface area contributed by atoms with Gasteiger partial charge in [-0.05, 0) is 68.2 Å². The molecule has 0 saturated carbocycles. The summed E-state index contributed by atoms with van der Waals surface area (Å²) in [7, 11) is 1.62. The number of benzene rings is 2. The van der Waals surface area contributed by atoms with Crippen LogP contribution in [0.2, 0.25) is 10.0 Å². The number of nitrogens with zero attached hydrogens (tertiary/aromatic N) is 1. The molecule has 2 aromatic carbocycles. The van der Waals surface area contributed by atoms with E-state index in [4.69, 9.17) is 32.7 Å². The lowest BCUT2D eigenvalue weighted by Crippen LogP contribution is -2.39. The van der Waals surface area contributed by atoms with Gasteiger partial charge in [-0.2, -0.15) is 0 Å². The van der Waals surface area contributed by atoms with Crippen LogP contribution >= 0.6 is 23.2 Å². The van der Waals surface area contributed by atoms with Crippen molar-refractivity contribution in [2.75, 3.05) is 26.8 Å². The van der Waals surface area contributed by atoms with E-state index in [1.807, 2.05) is 37.3 Å².